The molecule has 1 N–H and O–H groups in total. The second-order valence-corrected chi connectivity index (χ2v) is 10.2. The maximum atomic E-state index is 12.4. The zero-order valence-electron chi connectivity index (χ0n) is 18.1. The van der Waals surface area contributed by atoms with E-state index < -0.39 is 17.1 Å². The fraction of sp³-hybridized carbons (Fsp3) is 0.826. The van der Waals surface area contributed by atoms with Gasteiger partial charge in [0.2, 0.25) is 6.04 Å². The van der Waals surface area contributed by atoms with E-state index in [2.05, 4.69) is 13.8 Å². The lowest BCUT2D eigenvalue weighted by atomic mass is 9.47. The minimum absolute atomic E-state index is 0.0246. The van der Waals surface area contributed by atoms with Crippen LogP contribution in [0.25, 0.3) is 0 Å². The number of ketones is 2. The lowest BCUT2D eigenvalue weighted by molar-refractivity contribution is -0.528. The smallest absolute Gasteiger partial charge is 0.235 e. The van der Waals surface area contributed by atoms with Crippen LogP contribution in [0.1, 0.15) is 79.1 Å². The third-order valence-corrected chi connectivity index (χ3v) is 8.70. The Bertz CT molecular complexity index is 729. The molecular weight excluding hydrogens is 370 g/mol. The lowest BCUT2D eigenvalue weighted by Gasteiger charge is -2.56. The van der Waals surface area contributed by atoms with Crippen LogP contribution in [0.3, 0.4) is 0 Å². The van der Waals surface area contributed by atoms with Crippen molar-refractivity contribution in [3.8, 4) is 0 Å². The van der Waals surface area contributed by atoms with Gasteiger partial charge in [-0.25, -0.2) is 0 Å². The van der Waals surface area contributed by atoms with Crippen molar-refractivity contribution in [3.05, 3.63) is 21.8 Å². The van der Waals surface area contributed by atoms with Gasteiger partial charge in [0.05, 0.1) is 0 Å². The van der Waals surface area contributed by atoms with Crippen LogP contribution in [0.4, 0.5) is 0 Å². The first-order valence-corrected chi connectivity index (χ1v) is 11.1. The van der Waals surface area contributed by atoms with E-state index in [0.29, 0.717) is 29.3 Å². The zero-order chi connectivity index (χ0) is 21.6. The third kappa shape index (κ3) is 3.80. The molecule has 7 atom stereocenters. The molecule has 4 aliphatic rings. The molecule has 0 aromatic heterocycles. The Morgan fingerprint density at radius 3 is 2.28 bits per heavy atom. The highest BCUT2D eigenvalue weighted by Gasteiger charge is 2.58. The topological polar surface area (TPSA) is 97.5 Å². The van der Waals surface area contributed by atoms with Gasteiger partial charge in [0.25, 0.3) is 0 Å². The molecule has 0 amide bonds. The molecular formula is C23H35NO5. The van der Waals surface area contributed by atoms with Gasteiger partial charge in [0.1, 0.15) is 11.9 Å². The highest BCUT2D eigenvalue weighted by molar-refractivity contribution is 5.91. The van der Waals surface area contributed by atoms with E-state index >= 15 is 0 Å². The van der Waals surface area contributed by atoms with Gasteiger partial charge in [-0.15, -0.1) is 0 Å². The van der Waals surface area contributed by atoms with E-state index in [1.165, 1.54) is 32.3 Å². The van der Waals surface area contributed by atoms with Gasteiger partial charge in [0, 0.05) is 30.1 Å². The quantitative estimate of drug-likeness (QED) is 0.550. The number of Topliss-reactive ketones (excluding diaryl/α,β-unsaturated/α-hetero) is 1. The molecule has 0 bridgehead atoms. The predicted molar refractivity (Wildman–Crippen MR) is 110 cm³/mol. The summed E-state index contributed by atoms with van der Waals surface area (Å²) >= 11 is 0. The van der Waals surface area contributed by atoms with Crippen LogP contribution in [-0.4, -0.2) is 33.7 Å². The molecule has 6 nitrogen and oxygen atoms in total. The van der Waals surface area contributed by atoms with Gasteiger partial charge in [-0.2, -0.15) is 0 Å². The normalized spacial score (nSPS) is 40.4. The van der Waals surface area contributed by atoms with Crippen molar-refractivity contribution in [2.45, 2.75) is 91.2 Å². The molecule has 3 fully saturated rings. The Balaban J connectivity index is 0.000000258. The molecule has 4 aliphatic carbocycles. The lowest BCUT2D eigenvalue weighted by Crippen LogP contribution is -2.50. The maximum Gasteiger partial charge on any atom is 0.235 e. The monoisotopic (exact) mass is 405 g/mol. The van der Waals surface area contributed by atoms with E-state index in [4.69, 9.17) is 5.11 Å². The average molecular weight is 406 g/mol. The van der Waals surface area contributed by atoms with E-state index in [-0.39, 0.29) is 10.8 Å². The van der Waals surface area contributed by atoms with Crippen molar-refractivity contribution < 1.29 is 19.6 Å². The Hall–Kier alpha value is -1.56. The first-order valence-electron chi connectivity index (χ1n) is 11.1. The van der Waals surface area contributed by atoms with Gasteiger partial charge in [-0.05, 0) is 74.7 Å². The summed E-state index contributed by atoms with van der Waals surface area (Å²) in [5.41, 5.74) is 1.64. The fourth-order valence-corrected chi connectivity index (χ4v) is 6.51. The number of allylic oxidation sites excluding steroid dienone is 1. The number of carbonyl (C=O) groups excluding carboxylic acids is 2. The number of fused-ring (bicyclic) bond motifs is 5. The van der Waals surface area contributed by atoms with Gasteiger partial charge in [0.15, 0.2) is 5.78 Å². The summed E-state index contributed by atoms with van der Waals surface area (Å²) in [7, 11) is 0. The largest absolute Gasteiger partial charge is 0.386 e. The van der Waals surface area contributed by atoms with Crippen LogP contribution < -0.4 is 0 Å². The zero-order valence-corrected chi connectivity index (χ0v) is 18.1. The standard InChI is InChI=1S/C19H26O2.C4H9NO3/c1-18-9-7-13(20)11-12(18)3-4-14-15-5-6-17(21)19(15,2)10-8-16(14)18;1-3(4(2)6)5(7)8/h11,14-16H,3-10H2,1-2H3;3-4,6H,1-2H3/t14-,15-,16-,18-,19-;/m0./s1. The molecule has 0 aliphatic heterocycles. The number of rotatable bonds is 2. The summed E-state index contributed by atoms with van der Waals surface area (Å²) in [6, 6.07) is -0.852. The van der Waals surface area contributed by atoms with E-state index in [1.807, 2.05) is 6.08 Å². The number of carbonyl (C=O) groups is 2. The Kier molecular flexibility index (Phi) is 6.06. The van der Waals surface area contributed by atoms with Crippen LogP contribution >= 0.6 is 0 Å². The molecule has 0 saturated heterocycles. The Labute approximate surface area is 173 Å². The molecule has 29 heavy (non-hydrogen) atoms. The Morgan fingerprint density at radius 2 is 1.69 bits per heavy atom. The predicted octanol–water partition coefficient (Wildman–Crippen LogP) is 4.12. The van der Waals surface area contributed by atoms with Crippen molar-refractivity contribution in [1.82, 2.24) is 0 Å². The summed E-state index contributed by atoms with van der Waals surface area (Å²) in [6.45, 7) is 7.40. The third-order valence-electron chi connectivity index (χ3n) is 8.70. The van der Waals surface area contributed by atoms with Crippen LogP contribution in [0.15, 0.2) is 11.6 Å². The Morgan fingerprint density at radius 1 is 1.03 bits per heavy atom. The number of aliphatic hydroxyl groups is 1. The van der Waals surface area contributed by atoms with Crippen molar-refractivity contribution in [2.24, 2.45) is 28.6 Å². The van der Waals surface area contributed by atoms with Crippen LogP contribution in [-0.2, 0) is 9.59 Å². The van der Waals surface area contributed by atoms with Crippen molar-refractivity contribution in [2.75, 3.05) is 0 Å². The molecule has 0 aromatic carbocycles. The van der Waals surface area contributed by atoms with Crippen LogP contribution in [0, 0.1) is 38.7 Å². The van der Waals surface area contributed by atoms with E-state index in [9.17, 15) is 19.7 Å². The molecule has 0 heterocycles. The second kappa shape index (κ2) is 7.93. The second-order valence-electron chi connectivity index (χ2n) is 10.2. The van der Waals surface area contributed by atoms with Crippen molar-refractivity contribution >= 4 is 11.6 Å². The summed E-state index contributed by atoms with van der Waals surface area (Å²) < 4.78 is 0. The number of hydrogen-bond donors (Lipinski definition) is 1. The SMILES string of the molecule is CC(O)C(C)[N+](=O)[O-].C[C@]12CCC(=O)C=C1CC[C@@H]1[C@@H]2CC[C@]2(C)C(=O)CC[C@@H]12. The minimum atomic E-state index is -0.856. The van der Waals surface area contributed by atoms with E-state index in [0.717, 1.165) is 38.5 Å². The highest BCUT2D eigenvalue weighted by Crippen LogP contribution is 2.64. The maximum absolute atomic E-state index is 12.4. The minimum Gasteiger partial charge on any atom is -0.386 e. The van der Waals surface area contributed by atoms with Crippen LogP contribution in [0.2, 0.25) is 0 Å². The molecule has 0 aromatic rings. The highest BCUT2D eigenvalue weighted by atomic mass is 16.6. The van der Waals surface area contributed by atoms with E-state index in [1.54, 1.807) is 0 Å². The molecule has 2 unspecified atom stereocenters. The van der Waals surface area contributed by atoms with Gasteiger partial charge in [-0.3, -0.25) is 19.7 Å². The number of aliphatic hydroxyl groups excluding tert-OH is 1. The van der Waals surface area contributed by atoms with Gasteiger partial charge >= 0.3 is 0 Å². The summed E-state index contributed by atoms with van der Waals surface area (Å²) in [5.74, 6) is 2.88. The summed E-state index contributed by atoms with van der Waals surface area (Å²) in [4.78, 5) is 33.4. The molecule has 6 heteroatoms. The van der Waals surface area contributed by atoms with Crippen molar-refractivity contribution in [1.29, 1.82) is 0 Å². The number of nitrogens with zero attached hydrogens (tertiary/aromatic N) is 1. The molecule has 4 rings (SSSR count). The summed E-state index contributed by atoms with van der Waals surface area (Å²) in [5, 5.41) is 18.3. The molecule has 162 valence electrons. The van der Waals surface area contributed by atoms with Crippen LogP contribution in [0.5, 0.6) is 0 Å². The first-order chi connectivity index (χ1) is 13.5. The molecule has 3 saturated carbocycles. The molecule has 0 spiro atoms. The first kappa shape index (κ1) is 22.1. The van der Waals surface area contributed by atoms with Gasteiger partial charge in [-0.1, -0.05) is 19.4 Å². The van der Waals surface area contributed by atoms with Crippen molar-refractivity contribution in [3.63, 3.8) is 0 Å². The summed E-state index contributed by atoms with van der Waals surface area (Å²) in [6.07, 6.45) is 9.35. The number of hydrogen-bond acceptors (Lipinski definition) is 5. The van der Waals surface area contributed by atoms with Gasteiger partial charge < -0.3 is 5.11 Å². The average Bonchev–Trinajstić information content (AvgIpc) is 2.97. The number of nitro groups is 1. The molecule has 0 radical (unpaired) electrons. The fourth-order valence-electron chi connectivity index (χ4n) is 6.51.